The summed E-state index contributed by atoms with van der Waals surface area (Å²) < 4.78 is 1.60. The molecular formula is C22H21N7O2. The number of carbonyl (C=O) groups is 1. The van der Waals surface area contributed by atoms with E-state index < -0.39 is 0 Å². The number of aryl methyl sites for hydroxylation is 1. The minimum atomic E-state index is -0.0982. The molecule has 156 valence electrons. The Balaban J connectivity index is 1.32. The number of aromatic hydroxyl groups is 1. The van der Waals surface area contributed by atoms with Gasteiger partial charge in [0.1, 0.15) is 11.6 Å². The third kappa shape index (κ3) is 3.65. The molecule has 1 aromatic carbocycles. The number of fused-ring (bicyclic) bond motifs is 1. The Morgan fingerprint density at radius 3 is 2.61 bits per heavy atom. The van der Waals surface area contributed by atoms with Crippen LogP contribution in [-0.4, -0.2) is 66.7 Å². The molecule has 5 rings (SSSR count). The molecule has 0 radical (unpaired) electrons. The number of para-hydroxylation sites is 1. The number of hydrogen-bond acceptors (Lipinski definition) is 7. The van der Waals surface area contributed by atoms with Crippen molar-refractivity contribution in [1.29, 1.82) is 0 Å². The maximum Gasteiger partial charge on any atom is 0.274 e. The smallest absolute Gasteiger partial charge is 0.274 e. The minimum Gasteiger partial charge on any atom is -0.507 e. The first-order valence-electron chi connectivity index (χ1n) is 10.1. The standard InChI is InChI=1S/C22H21N7O2/c1-15-13-20(25-21(24-15)16-5-2-3-6-18(16)30)27-9-11-28(12-10-27)22(31)17-14-19-23-7-4-8-29(19)26-17/h2-8,13-14,30H,9-12H2,1H3. The number of phenolic OH excluding ortho intramolecular Hbond substituents is 1. The van der Waals surface area contributed by atoms with E-state index in [9.17, 15) is 9.90 Å². The third-order valence-electron chi connectivity index (χ3n) is 5.33. The van der Waals surface area contributed by atoms with Crippen molar-refractivity contribution in [3.8, 4) is 17.1 Å². The Kier molecular flexibility index (Phi) is 4.70. The lowest BCUT2D eigenvalue weighted by molar-refractivity contribution is 0.0740. The third-order valence-corrected chi connectivity index (χ3v) is 5.33. The van der Waals surface area contributed by atoms with E-state index in [1.54, 1.807) is 52.1 Å². The number of amides is 1. The zero-order valence-corrected chi connectivity index (χ0v) is 17.0. The second-order valence-electron chi connectivity index (χ2n) is 7.44. The molecule has 1 saturated heterocycles. The van der Waals surface area contributed by atoms with E-state index >= 15 is 0 Å². The van der Waals surface area contributed by atoms with Gasteiger partial charge in [-0.05, 0) is 25.1 Å². The van der Waals surface area contributed by atoms with E-state index in [0.717, 1.165) is 11.5 Å². The lowest BCUT2D eigenvalue weighted by Crippen LogP contribution is -2.49. The van der Waals surface area contributed by atoms with Gasteiger partial charge in [-0.1, -0.05) is 12.1 Å². The van der Waals surface area contributed by atoms with Gasteiger partial charge in [-0.2, -0.15) is 5.10 Å². The maximum atomic E-state index is 12.9. The molecule has 1 aliphatic rings. The lowest BCUT2D eigenvalue weighted by Gasteiger charge is -2.35. The molecule has 1 fully saturated rings. The van der Waals surface area contributed by atoms with E-state index in [1.807, 2.05) is 19.1 Å². The van der Waals surface area contributed by atoms with Crippen molar-refractivity contribution >= 4 is 17.4 Å². The van der Waals surface area contributed by atoms with Crippen LogP contribution >= 0.6 is 0 Å². The van der Waals surface area contributed by atoms with Gasteiger partial charge in [0.05, 0.1) is 5.56 Å². The topological polar surface area (TPSA) is 99.8 Å². The van der Waals surface area contributed by atoms with Crippen LogP contribution in [0.15, 0.2) is 54.9 Å². The Morgan fingerprint density at radius 1 is 1.03 bits per heavy atom. The van der Waals surface area contributed by atoms with Gasteiger partial charge in [0.2, 0.25) is 0 Å². The zero-order valence-electron chi connectivity index (χ0n) is 17.0. The first kappa shape index (κ1) is 19.0. The summed E-state index contributed by atoms with van der Waals surface area (Å²) in [5.74, 6) is 1.33. The summed E-state index contributed by atoms with van der Waals surface area (Å²) in [7, 11) is 0. The molecule has 31 heavy (non-hydrogen) atoms. The highest BCUT2D eigenvalue weighted by Crippen LogP contribution is 2.28. The Hall–Kier alpha value is -4.01. The van der Waals surface area contributed by atoms with Gasteiger partial charge in [-0.25, -0.2) is 19.5 Å². The van der Waals surface area contributed by atoms with E-state index in [-0.39, 0.29) is 11.7 Å². The van der Waals surface area contributed by atoms with Crippen molar-refractivity contribution in [3.63, 3.8) is 0 Å². The first-order valence-corrected chi connectivity index (χ1v) is 10.1. The SMILES string of the molecule is Cc1cc(N2CCN(C(=O)c3cc4ncccn4n3)CC2)nc(-c2ccccc2O)n1. The highest BCUT2D eigenvalue weighted by molar-refractivity contribution is 5.93. The largest absolute Gasteiger partial charge is 0.507 e. The van der Waals surface area contributed by atoms with Crippen molar-refractivity contribution in [2.24, 2.45) is 0 Å². The zero-order chi connectivity index (χ0) is 21.4. The number of carbonyl (C=O) groups excluding carboxylic acids is 1. The van der Waals surface area contributed by atoms with E-state index in [4.69, 9.17) is 0 Å². The van der Waals surface area contributed by atoms with E-state index in [2.05, 4.69) is 25.0 Å². The van der Waals surface area contributed by atoms with Gasteiger partial charge < -0.3 is 14.9 Å². The minimum absolute atomic E-state index is 0.0982. The molecule has 0 aliphatic carbocycles. The number of benzene rings is 1. The van der Waals surface area contributed by atoms with Gasteiger partial charge >= 0.3 is 0 Å². The molecular weight excluding hydrogens is 394 g/mol. The monoisotopic (exact) mass is 415 g/mol. The van der Waals surface area contributed by atoms with E-state index in [1.165, 1.54) is 0 Å². The fourth-order valence-corrected chi connectivity index (χ4v) is 3.73. The fourth-order valence-electron chi connectivity index (χ4n) is 3.73. The summed E-state index contributed by atoms with van der Waals surface area (Å²) in [6.45, 7) is 4.33. The number of hydrogen-bond donors (Lipinski definition) is 1. The summed E-state index contributed by atoms with van der Waals surface area (Å²) in [6.07, 6.45) is 3.45. The summed E-state index contributed by atoms with van der Waals surface area (Å²) in [4.78, 5) is 30.2. The predicted octanol–water partition coefficient (Wildman–Crippen LogP) is 2.16. The van der Waals surface area contributed by atoms with Gasteiger partial charge in [-0.3, -0.25) is 4.79 Å². The van der Waals surface area contributed by atoms with Crippen molar-refractivity contribution in [2.75, 3.05) is 31.1 Å². The number of aromatic nitrogens is 5. The maximum absolute atomic E-state index is 12.9. The van der Waals surface area contributed by atoms with Crippen LogP contribution in [0.25, 0.3) is 17.0 Å². The first-order chi connectivity index (χ1) is 15.1. The number of rotatable bonds is 3. The Labute approximate surface area is 178 Å². The summed E-state index contributed by atoms with van der Waals surface area (Å²) in [6, 6.07) is 12.5. The van der Waals surface area contributed by atoms with Crippen LogP contribution in [-0.2, 0) is 0 Å². The van der Waals surface area contributed by atoms with Crippen LogP contribution in [0.1, 0.15) is 16.2 Å². The molecule has 4 aromatic rings. The molecule has 9 nitrogen and oxygen atoms in total. The molecule has 0 atom stereocenters. The summed E-state index contributed by atoms with van der Waals surface area (Å²) in [5.41, 5.74) is 2.46. The van der Waals surface area contributed by atoms with Gasteiger partial charge in [-0.15, -0.1) is 0 Å². The number of anilines is 1. The van der Waals surface area contributed by atoms with Crippen molar-refractivity contribution < 1.29 is 9.90 Å². The van der Waals surface area contributed by atoms with Crippen LogP contribution in [0.5, 0.6) is 5.75 Å². The number of phenols is 1. The van der Waals surface area contributed by atoms with Crippen LogP contribution in [0.4, 0.5) is 5.82 Å². The van der Waals surface area contributed by atoms with Gasteiger partial charge in [0, 0.05) is 56.4 Å². The second-order valence-corrected chi connectivity index (χ2v) is 7.44. The van der Waals surface area contributed by atoms with Gasteiger partial charge in [0.15, 0.2) is 17.2 Å². The van der Waals surface area contributed by atoms with Crippen LogP contribution in [0.3, 0.4) is 0 Å². The highest BCUT2D eigenvalue weighted by atomic mass is 16.3. The second kappa shape index (κ2) is 7.67. The molecule has 1 aliphatic heterocycles. The van der Waals surface area contributed by atoms with Crippen molar-refractivity contribution in [1.82, 2.24) is 29.5 Å². The predicted molar refractivity (Wildman–Crippen MR) is 115 cm³/mol. The van der Waals surface area contributed by atoms with Crippen LogP contribution in [0, 0.1) is 6.92 Å². The van der Waals surface area contributed by atoms with E-state index in [0.29, 0.717) is 48.9 Å². The van der Waals surface area contributed by atoms with Gasteiger partial charge in [0.25, 0.3) is 5.91 Å². The van der Waals surface area contributed by atoms with Crippen molar-refractivity contribution in [3.05, 3.63) is 66.2 Å². The van der Waals surface area contributed by atoms with Crippen molar-refractivity contribution in [2.45, 2.75) is 6.92 Å². The molecule has 0 saturated carbocycles. The molecule has 1 N–H and O–H groups in total. The molecule has 0 bridgehead atoms. The van der Waals surface area contributed by atoms with Crippen LogP contribution in [0.2, 0.25) is 0 Å². The average molecular weight is 415 g/mol. The summed E-state index contributed by atoms with van der Waals surface area (Å²) in [5, 5.41) is 14.5. The molecule has 0 unspecified atom stereocenters. The fraction of sp³-hybridized carbons (Fsp3) is 0.227. The normalized spacial score (nSPS) is 14.2. The highest BCUT2D eigenvalue weighted by Gasteiger charge is 2.25. The lowest BCUT2D eigenvalue weighted by atomic mass is 10.2. The molecule has 1 amide bonds. The molecule has 3 aromatic heterocycles. The average Bonchev–Trinajstić information content (AvgIpc) is 3.23. The molecule has 4 heterocycles. The number of nitrogens with zero attached hydrogens (tertiary/aromatic N) is 7. The Bertz CT molecular complexity index is 1230. The molecule has 0 spiro atoms. The van der Waals surface area contributed by atoms with Crippen LogP contribution < -0.4 is 4.90 Å². The quantitative estimate of drug-likeness (QED) is 0.547. The summed E-state index contributed by atoms with van der Waals surface area (Å²) >= 11 is 0. The Morgan fingerprint density at radius 2 is 1.84 bits per heavy atom. The number of piperazine rings is 1. The molecule has 9 heteroatoms.